The van der Waals surface area contributed by atoms with E-state index >= 15 is 0 Å². The summed E-state index contributed by atoms with van der Waals surface area (Å²) in [4.78, 5) is 24.1. The van der Waals surface area contributed by atoms with Gasteiger partial charge >= 0.3 is 5.97 Å². The minimum Gasteiger partial charge on any atom is -0.465 e. The molecule has 0 saturated carbocycles. The van der Waals surface area contributed by atoms with E-state index in [2.05, 4.69) is 0 Å². The molecule has 0 unspecified atom stereocenters. The standard InChI is InChI=1S/C15H14N2O5S/c1-2-22-13(18)8-17-15(19)14-10-4-3-5-11(16)9(10)6-7-12(14)23(17,20)21/h3-7H,2,8,16H2,1H3. The quantitative estimate of drug-likeness (QED) is 0.666. The molecule has 2 aromatic carbocycles. The number of hydrogen-bond donors (Lipinski definition) is 1. The van der Waals surface area contributed by atoms with Crippen LogP contribution in [0.1, 0.15) is 17.3 Å². The number of nitrogens with two attached hydrogens (primary N) is 1. The van der Waals surface area contributed by atoms with E-state index in [1.54, 1.807) is 31.2 Å². The van der Waals surface area contributed by atoms with E-state index in [0.717, 1.165) is 0 Å². The Hall–Kier alpha value is -2.61. The Bertz CT molecular complexity index is 936. The van der Waals surface area contributed by atoms with E-state index in [4.69, 9.17) is 10.5 Å². The summed E-state index contributed by atoms with van der Waals surface area (Å²) in [6.07, 6.45) is 0. The molecule has 2 aromatic rings. The summed E-state index contributed by atoms with van der Waals surface area (Å²) in [6.45, 7) is 1.06. The molecule has 0 spiro atoms. The van der Waals surface area contributed by atoms with Gasteiger partial charge in [-0.2, -0.15) is 0 Å². The molecular formula is C15H14N2O5S. The first-order valence-electron chi connectivity index (χ1n) is 6.91. The molecule has 7 nitrogen and oxygen atoms in total. The van der Waals surface area contributed by atoms with Crippen molar-refractivity contribution in [2.24, 2.45) is 0 Å². The van der Waals surface area contributed by atoms with E-state index in [0.29, 0.717) is 20.8 Å². The van der Waals surface area contributed by atoms with Crippen LogP contribution in [0.3, 0.4) is 0 Å². The van der Waals surface area contributed by atoms with Crippen LogP contribution in [-0.4, -0.2) is 37.8 Å². The van der Waals surface area contributed by atoms with Gasteiger partial charge < -0.3 is 10.5 Å². The van der Waals surface area contributed by atoms with Crippen molar-refractivity contribution >= 4 is 38.4 Å². The first kappa shape index (κ1) is 15.3. The molecule has 0 bridgehead atoms. The minimum absolute atomic E-state index is 0.0408. The van der Waals surface area contributed by atoms with Gasteiger partial charge in [-0.3, -0.25) is 9.59 Å². The number of carbonyl (C=O) groups excluding carboxylic acids is 2. The molecule has 0 aliphatic carbocycles. The normalized spacial score (nSPS) is 15.7. The van der Waals surface area contributed by atoms with Gasteiger partial charge in [0.05, 0.1) is 12.2 Å². The van der Waals surface area contributed by atoms with Gasteiger partial charge in [0.2, 0.25) is 0 Å². The molecule has 2 N–H and O–H groups in total. The Balaban J connectivity index is 2.18. The molecule has 0 fully saturated rings. The van der Waals surface area contributed by atoms with Gasteiger partial charge in [-0.1, -0.05) is 18.2 Å². The second-order valence-corrected chi connectivity index (χ2v) is 6.83. The number of hydrogen-bond acceptors (Lipinski definition) is 6. The van der Waals surface area contributed by atoms with Crippen LogP contribution in [0.15, 0.2) is 35.2 Å². The fourth-order valence-corrected chi connectivity index (χ4v) is 4.15. The van der Waals surface area contributed by atoms with Crippen molar-refractivity contribution in [2.75, 3.05) is 18.9 Å². The molecule has 8 heteroatoms. The second-order valence-electron chi connectivity index (χ2n) is 5.00. The average Bonchev–Trinajstić information content (AvgIpc) is 2.69. The molecule has 0 radical (unpaired) electrons. The zero-order valence-electron chi connectivity index (χ0n) is 12.3. The molecule has 23 heavy (non-hydrogen) atoms. The maximum Gasteiger partial charge on any atom is 0.326 e. The molecule has 0 atom stereocenters. The molecule has 0 aromatic heterocycles. The number of fused-ring (bicyclic) bond motifs is 3. The van der Waals surface area contributed by atoms with Gasteiger partial charge in [0, 0.05) is 11.1 Å². The van der Waals surface area contributed by atoms with Crippen LogP contribution in [0.4, 0.5) is 5.69 Å². The summed E-state index contributed by atoms with van der Waals surface area (Å²) < 4.78 is 30.3. The van der Waals surface area contributed by atoms with E-state index in [-0.39, 0.29) is 17.1 Å². The lowest BCUT2D eigenvalue weighted by Crippen LogP contribution is -2.35. The summed E-state index contributed by atoms with van der Waals surface area (Å²) in [7, 11) is -4.07. The molecule has 3 rings (SSSR count). The predicted octanol–water partition coefficient (Wildman–Crippen LogP) is 1.13. The monoisotopic (exact) mass is 334 g/mol. The maximum absolute atomic E-state index is 12.6. The molecule has 0 saturated heterocycles. The van der Waals surface area contributed by atoms with Gasteiger partial charge in [0.25, 0.3) is 15.9 Å². The fraction of sp³-hybridized carbons (Fsp3) is 0.200. The molecule has 1 amide bonds. The number of rotatable bonds is 3. The van der Waals surface area contributed by atoms with Gasteiger partial charge in [-0.05, 0) is 24.4 Å². The summed E-state index contributed by atoms with van der Waals surface area (Å²) in [5, 5.41) is 1.04. The lowest BCUT2D eigenvalue weighted by molar-refractivity contribution is -0.142. The number of ether oxygens (including phenoxy) is 1. The number of amides is 1. The first-order valence-corrected chi connectivity index (χ1v) is 8.36. The van der Waals surface area contributed by atoms with E-state index in [1.165, 1.54) is 6.07 Å². The van der Waals surface area contributed by atoms with Gasteiger partial charge in [0.1, 0.15) is 11.4 Å². The Morgan fingerprint density at radius 3 is 2.65 bits per heavy atom. The fourth-order valence-electron chi connectivity index (χ4n) is 2.63. The topological polar surface area (TPSA) is 107 Å². The van der Waals surface area contributed by atoms with Gasteiger partial charge in [0.15, 0.2) is 0 Å². The highest BCUT2D eigenvalue weighted by Crippen LogP contribution is 2.36. The molecule has 120 valence electrons. The second kappa shape index (κ2) is 5.24. The summed E-state index contributed by atoms with van der Waals surface area (Å²) in [5.41, 5.74) is 6.35. The van der Waals surface area contributed by atoms with Crippen LogP contribution in [0.25, 0.3) is 10.8 Å². The third-order valence-corrected chi connectivity index (χ3v) is 5.41. The first-order chi connectivity index (χ1) is 10.9. The average molecular weight is 334 g/mol. The van der Waals surface area contributed by atoms with Crippen LogP contribution in [0, 0.1) is 0 Å². The van der Waals surface area contributed by atoms with Crippen LogP contribution < -0.4 is 5.73 Å². The third kappa shape index (κ3) is 2.22. The van der Waals surface area contributed by atoms with Crippen molar-refractivity contribution in [3.8, 4) is 0 Å². The van der Waals surface area contributed by atoms with E-state index in [1.807, 2.05) is 0 Å². The SMILES string of the molecule is CCOC(=O)CN1C(=O)c2c(ccc3c(N)cccc23)S1(=O)=O. The minimum atomic E-state index is -4.07. The largest absolute Gasteiger partial charge is 0.465 e. The Morgan fingerprint density at radius 1 is 1.22 bits per heavy atom. The number of benzene rings is 2. The van der Waals surface area contributed by atoms with Crippen molar-refractivity contribution in [1.29, 1.82) is 0 Å². The molecular weight excluding hydrogens is 320 g/mol. The molecule has 1 aliphatic heterocycles. The van der Waals surface area contributed by atoms with E-state index < -0.39 is 28.4 Å². The lowest BCUT2D eigenvalue weighted by atomic mass is 10.0. The highest BCUT2D eigenvalue weighted by molar-refractivity contribution is 7.90. The highest BCUT2D eigenvalue weighted by Gasteiger charge is 2.43. The third-order valence-electron chi connectivity index (χ3n) is 3.64. The smallest absolute Gasteiger partial charge is 0.326 e. The predicted molar refractivity (Wildman–Crippen MR) is 83.2 cm³/mol. The number of esters is 1. The number of sulfonamides is 1. The Kier molecular flexibility index (Phi) is 3.48. The molecule has 1 heterocycles. The molecule has 1 aliphatic rings. The van der Waals surface area contributed by atoms with Gasteiger partial charge in [-0.15, -0.1) is 0 Å². The van der Waals surface area contributed by atoms with Crippen LogP contribution in [0.2, 0.25) is 0 Å². The number of nitrogens with zero attached hydrogens (tertiary/aromatic N) is 1. The van der Waals surface area contributed by atoms with Crippen molar-refractivity contribution in [3.63, 3.8) is 0 Å². The van der Waals surface area contributed by atoms with Crippen molar-refractivity contribution in [1.82, 2.24) is 4.31 Å². The Morgan fingerprint density at radius 2 is 1.96 bits per heavy atom. The van der Waals surface area contributed by atoms with Crippen LogP contribution in [-0.2, 0) is 19.6 Å². The maximum atomic E-state index is 12.6. The van der Waals surface area contributed by atoms with E-state index in [9.17, 15) is 18.0 Å². The number of carbonyl (C=O) groups is 2. The summed E-state index contributed by atoms with van der Waals surface area (Å²) >= 11 is 0. The number of anilines is 1. The zero-order chi connectivity index (χ0) is 16.8. The van der Waals surface area contributed by atoms with Gasteiger partial charge in [-0.25, -0.2) is 12.7 Å². The lowest BCUT2D eigenvalue weighted by Gasteiger charge is -2.13. The summed E-state index contributed by atoms with van der Waals surface area (Å²) in [5.74, 6) is -1.52. The highest BCUT2D eigenvalue weighted by atomic mass is 32.2. The van der Waals surface area contributed by atoms with Crippen molar-refractivity contribution in [2.45, 2.75) is 11.8 Å². The van der Waals surface area contributed by atoms with Crippen molar-refractivity contribution in [3.05, 3.63) is 35.9 Å². The van der Waals surface area contributed by atoms with Crippen LogP contribution in [0.5, 0.6) is 0 Å². The summed E-state index contributed by atoms with van der Waals surface area (Å²) in [6, 6.07) is 7.84. The number of nitrogen functional groups attached to an aromatic ring is 1. The van der Waals surface area contributed by atoms with Crippen LogP contribution >= 0.6 is 0 Å². The zero-order valence-corrected chi connectivity index (χ0v) is 13.1. The van der Waals surface area contributed by atoms with Crippen molar-refractivity contribution < 1.29 is 22.7 Å². The Labute approximate surface area is 132 Å².